The van der Waals surface area contributed by atoms with Gasteiger partial charge in [-0.3, -0.25) is 4.79 Å². The number of hydrogen-bond acceptors (Lipinski definition) is 5. The lowest BCUT2D eigenvalue weighted by molar-refractivity contribution is -0.115. The third-order valence-corrected chi connectivity index (χ3v) is 5.82. The molecule has 1 saturated heterocycles. The van der Waals surface area contributed by atoms with Crippen LogP contribution in [0.3, 0.4) is 0 Å². The number of benzene rings is 2. The smallest absolute Gasteiger partial charge is 0.263 e. The number of ether oxygens (including phenoxy) is 1. The van der Waals surface area contributed by atoms with Crippen molar-refractivity contribution in [1.82, 2.24) is 15.1 Å². The summed E-state index contributed by atoms with van der Waals surface area (Å²) in [4.78, 5) is 12.6. The van der Waals surface area contributed by atoms with E-state index in [2.05, 4.69) is 17.3 Å². The zero-order valence-electron chi connectivity index (χ0n) is 16.8. The number of para-hydroxylation sites is 1. The number of nitrogens with one attached hydrogen (secondary N) is 1. The summed E-state index contributed by atoms with van der Waals surface area (Å²) in [6.45, 7) is 2.52. The van der Waals surface area contributed by atoms with Crippen LogP contribution in [0.15, 0.2) is 59.6 Å². The predicted octanol–water partition coefficient (Wildman–Crippen LogP) is 5.35. The van der Waals surface area contributed by atoms with Crippen molar-refractivity contribution >= 4 is 40.3 Å². The van der Waals surface area contributed by atoms with Crippen LogP contribution < -0.4 is 10.1 Å². The van der Waals surface area contributed by atoms with E-state index in [0.717, 1.165) is 18.5 Å². The van der Waals surface area contributed by atoms with Crippen molar-refractivity contribution in [1.29, 1.82) is 0 Å². The molecule has 0 bridgehead atoms. The van der Waals surface area contributed by atoms with Gasteiger partial charge in [-0.25, -0.2) is 9.07 Å². The van der Waals surface area contributed by atoms with Gasteiger partial charge in [-0.05, 0) is 42.8 Å². The largest absolute Gasteiger partial charge is 0.491 e. The number of unbranched alkanes of at least 4 members (excludes halogenated alkanes) is 1. The molecule has 1 amide bonds. The Kier molecular flexibility index (Phi) is 6.48. The molecule has 5 nitrogen and oxygen atoms in total. The summed E-state index contributed by atoms with van der Waals surface area (Å²) < 4.78 is 22.3. The average Bonchev–Trinajstić information content (AvgIpc) is 3.33. The Labute approximate surface area is 189 Å². The van der Waals surface area contributed by atoms with Gasteiger partial charge in [-0.15, -0.1) is 0 Å². The van der Waals surface area contributed by atoms with Gasteiger partial charge in [-0.1, -0.05) is 55.5 Å². The van der Waals surface area contributed by atoms with Crippen LogP contribution >= 0.6 is 24.0 Å². The van der Waals surface area contributed by atoms with Gasteiger partial charge in [0, 0.05) is 17.3 Å². The molecule has 0 radical (unpaired) electrons. The van der Waals surface area contributed by atoms with Gasteiger partial charge >= 0.3 is 0 Å². The summed E-state index contributed by atoms with van der Waals surface area (Å²) in [6, 6.07) is 14.4. The van der Waals surface area contributed by atoms with Crippen LogP contribution in [0.5, 0.6) is 5.75 Å². The Bertz CT molecular complexity index is 1160. The van der Waals surface area contributed by atoms with Gasteiger partial charge in [0.25, 0.3) is 5.91 Å². The lowest BCUT2D eigenvalue weighted by Crippen LogP contribution is -2.17. The Hall–Kier alpha value is -2.97. The van der Waals surface area contributed by atoms with Gasteiger partial charge < -0.3 is 10.1 Å². The Morgan fingerprint density at radius 1 is 1.26 bits per heavy atom. The second-order valence-corrected chi connectivity index (χ2v) is 8.63. The highest BCUT2D eigenvalue weighted by Gasteiger charge is 2.23. The number of rotatable bonds is 7. The Morgan fingerprint density at radius 3 is 2.74 bits per heavy atom. The second-order valence-electron chi connectivity index (χ2n) is 6.91. The highest BCUT2D eigenvalue weighted by atomic mass is 32.2. The predicted molar refractivity (Wildman–Crippen MR) is 126 cm³/mol. The standard InChI is InChI=1S/C23H20FN3O2S2/c1-2-3-11-29-19-10-9-15(12-18(19)24)21-16(13-20-22(28)25-23(30)31-20)14-27(26-21)17-7-5-4-6-8-17/h4-10,12-14H,2-3,11H2,1H3,(H,25,28,30). The maximum Gasteiger partial charge on any atom is 0.263 e. The van der Waals surface area contributed by atoms with Gasteiger partial charge in [0.1, 0.15) is 10.0 Å². The fourth-order valence-electron chi connectivity index (χ4n) is 3.08. The van der Waals surface area contributed by atoms with E-state index in [0.29, 0.717) is 32.7 Å². The lowest BCUT2D eigenvalue weighted by atomic mass is 10.1. The molecule has 0 spiro atoms. The Balaban J connectivity index is 1.74. The van der Waals surface area contributed by atoms with Crippen molar-refractivity contribution in [2.45, 2.75) is 19.8 Å². The molecule has 1 N–H and O–H groups in total. The van der Waals surface area contributed by atoms with Crippen LogP contribution in [-0.2, 0) is 4.79 Å². The Morgan fingerprint density at radius 2 is 2.06 bits per heavy atom. The molecule has 1 aliphatic heterocycles. The zero-order chi connectivity index (χ0) is 21.8. The number of thiocarbonyl (C=S) groups is 1. The van der Waals surface area contributed by atoms with Crippen molar-refractivity contribution in [2.24, 2.45) is 0 Å². The van der Waals surface area contributed by atoms with E-state index in [1.54, 1.807) is 22.9 Å². The molecule has 0 atom stereocenters. The molecule has 0 aliphatic carbocycles. The SMILES string of the molecule is CCCCOc1ccc(-c2nn(-c3ccccc3)cc2C=C2SC(=S)NC2=O)cc1F. The number of nitrogens with zero attached hydrogens (tertiary/aromatic N) is 2. The lowest BCUT2D eigenvalue weighted by Gasteiger charge is -2.08. The maximum atomic E-state index is 14.7. The molecular weight excluding hydrogens is 433 g/mol. The van der Waals surface area contributed by atoms with Crippen molar-refractivity contribution in [2.75, 3.05) is 6.61 Å². The first-order chi connectivity index (χ1) is 15.0. The second kappa shape index (κ2) is 9.45. The zero-order valence-corrected chi connectivity index (χ0v) is 18.4. The van der Waals surface area contributed by atoms with E-state index in [4.69, 9.17) is 17.0 Å². The first kappa shape index (κ1) is 21.3. The van der Waals surface area contributed by atoms with Gasteiger partial charge in [0.15, 0.2) is 11.6 Å². The van der Waals surface area contributed by atoms with Crippen LogP contribution in [-0.4, -0.2) is 26.6 Å². The molecule has 4 rings (SSSR count). The van der Waals surface area contributed by atoms with Crippen LogP contribution in [0.2, 0.25) is 0 Å². The molecule has 2 heterocycles. The summed E-state index contributed by atoms with van der Waals surface area (Å²) >= 11 is 6.27. The normalized spacial score (nSPS) is 14.8. The molecule has 158 valence electrons. The third-order valence-electron chi connectivity index (χ3n) is 4.65. The van der Waals surface area contributed by atoms with Crippen molar-refractivity contribution in [3.05, 3.63) is 71.0 Å². The topological polar surface area (TPSA) is 56.1 Å². The molecule has 3 aromatic rings. The average molecular weight is 454 g/mol. The van der Waals surface area contributed by atoms with Crippen molar-refractivity contribution < 1.29 is 13.9 Å². The highest BCUT2D eigenvalue weighted by molar-refractivity contribution is 8.26. The minimum absolute atomic E-state index is 0.218. The molecule has 1 aliphatic rings. The monoisotopic (exact) mass is 453 g/mol. The van der Waals surface area contributed by atoms with Crippen LogP contribution in [0, 0.1) is 5.82 Å². The highest BCUT2D eigenvalue weighted by Crippen LogP contribution is 2.32. The van der Waals surface area contributed by atoms with E-state index in [1.165, 1.54) is 17.8 Å². The van der Waals surface area contributed by atoms with Gasteiger partial charge in [0.05, 0.1) is 17.2 Å². The number of thioether (sulfide) groups is 1. The van der Waals surface area contributed by atoms with Gasteiger partial charge in [-0.2, -0.15) is 5.10 Å². The van der Waals surface area contributed by atoms with Crippen LogP contribution in [0.25, 0.3) is 23.0 Å². The van der Waals surface area contributed by atoms with E-state index >= 15 is 0 Å². The molecule has 8 heteroatoms. The van der Waals surface area contributed by atoms with Crippen molar-refractivity contribution in [3.8, 4) is 22.7 Å². The molecule has 1 aromatic heterocycles. The van der Waals surface area contributed by atoms with E-state index in [1.807, 2.05) is 36.5 Å². The first-order valence-corrected chi connectivity index (χ1v) is 11.1. The fourth-order valence-corrected chi connectivity index (χ4v) is 4.12. The summed E-state index contributed by atoms with van der Waals surface area (Å²) in [6.07, 6.45) is 5.38. The molecule has 2 aromatic carbocycles. The number of halogens is 1. The van der Waals surface area contributed by atoms with Crippen LogP contribution in [0.4, 0.5) is 4.39 Å². The molecular formula is C23H20FN3O2S2. The quantitative estimate of drug-likeness (QED) is 0.297. The minimum atomic E-state index is -0.448. The summed E-state index contributed by atoms with van der Waals surface area (Å²) in [5, 5.41) is 7.28. The first-order valence-electron chi connectivity index (χ1n) is 9.88. The van der Waals surface area contributed by atoms with E-state index in [9.17, 15) is 9.18 Å². The van der Waals surface area contributed by atoms with Gasteiger partial charge in [0.2, 0.25) is 0 Å². The number of aromatic nitrogens is 2. The summed E-state index contributed by atoms with van der Waals surface area (Å²) in [5.41, 5.74) is 2.69. The molecule has 0 saturated carbocycles. The summed E-state index contributed by atoms with van der Waals surface area (Å²) in [7, 11) is 0. The number of carbonyl (C=O) groups is 1. The van der Waals surface area contributed by atoms with Crippen LogP contribution in [0.1, 0.15) is 25.3 Å². The fraction of sp³-hybridized carbons (Fsp3) is 0.174. The number of hydrogen-bond donors (Lipinski definition) is 1. The molecule has 0 unspecified atom stereocenters. The third kappa shape index (κ3) is 4.86. The number of carbonyl (C=O) groups excluding carboxylic acids is 1. The number of amides is 1. The van der Waals surface area contributed by atoms with E-state index in [-0.39, 0.29) is 11.7 Å². The van der Waals surface area contributed by atoms with Crippen molar-refractivity contribution in [3.63, 3.8) is 0 Å². The molecule has 31 heavy (non-hydrogen) atoms. The maximum absolute atomic E-state index is 14.7. The summed E-state index contributed by atoms with van der Waals surface area (Å²) in [5.74, 6) is -0.481. The minimum Gasteiger partial charge on any atom is -0.491 e. The molecule has 1 fully saturated rings. The van der Waals surface area contributed by atoms with E-state index < -0.39 is 5.82 Å².